The summed E-state index contributed by atoms with van der Waals surface area (Å²) in [6.07, 6.45) is 3.94. The van der Waals surface area contributed by atoms with Gasteiger partial charge in [0.15, 0.2) is 34.5 Å². The Morgan fingerprint density at radius 1 is 0.581 bits per heavy atom. The van der Waals surface area contributed by atoms with Gasteiger partial charge in [-0.15, -0.1) is 11.3 Å². The lowest BCUT2D eigenvalue weighted by molar-refractivity contribution is 0.206. The highest BCUT2D eigenvalue weighted by atomic mass is 32.1. The van der Waals surface area contributed by atoms with Crippen LogP contribution in [0.3, 0.4) is 0 Å². The molecular formula is C34H33NO7S. The van der Waals surface area contributed by atoms with E-state index in [1.54, 1.807) is 46.9 Å². The van der Waals surface area contributed by atoms with Crippen LogP contribution >= 0.6 is 11.3 Å². The summed E-state index contributed by atoms with van der Waals surface area (Å²) in [5.41, 5.74) is 3.78. The van der Waals surface area contributed by atoms with Crippen molar-refractivity contribution in [2.75, 3.05) is 48.8 Å². The van der Waals surface area contributed by atoms with Crippen LogP contribution in [-0.4, -0.2) is 53.7 Å². The molecule has 0 N–H and O–H groups in total. The van der Waals surface area contributed by atoms with Crippen molar-refractivity contribution in [3.8, 4) is 50.8 Å². The zero-order chi connectivity index (χ0) is 30.2. The van der Waals surface area contributed by atoms with Crippen LogP contribution in [-0.2, 0) is 0 Å². The molecule has 0 unspecified atom stereocenters. The maximum atomic E-state index is 6.06. The number of aromatic nitrogens is 1. The average molecular weight is 600 g/mol. The molecule has 1 aromatic heterocycles. The summed E-state index contributed by atoms with van der Waals surface area (Å²) in [7, 11) is 8.01. The average Bonchev–Trinajstić information content (AvgIpc) is 3.49. The third-order valence-electron chi connectivity index (χ3n) is 6.65. The second-order valence-corrected chi connectivity index (χ2v) is 10.3. The number of para-hydroxylation sites is 1. The first-order valence-electron chi connectivity index (χ1n) is 13.5. The van der Waals surface area contributed by atoms with E-state index in [4.69, 9.17) is 38.1 Å². The number of benzene rings is 4. The van der Waals surface area contributed by atoms with Gasteiger partial charge in [-0.25, -0.2) is 4.98 Å². The fourth-order valence-corrected chi connectivity index (χ4v) is 5.48. The van der Waals surface area contributed by atoms with Gasteiger partial charge in [0.2, 0.25) is 5.75 Å². The summed E-state index contributed by atoms with van der Waals surface area (Å²) < 4.78 is 40.7. The van der Waals surface area contributed by atoms with Crippen molar-refractivity contribution < 1.29 is 33.2 Å². The van der Waals surface area contributed by atoms with Crippen LogP contribution in [0.15, 0.2) is 72.8 Å². The van der Waals surface area contributed by atoms with E-state index in [0.29, 0.717) is 53.5 Å². The summed E-state index contributed by atoms with van der Waals surface area (Å²) in [5.74, 6) is 4.22. The first-order valence-corrected chi connectivity index (χ1v) is 14.3. The summed E-state index contributed by atoms with van der Waals surface area (Å²) in [6.45, 7) is 0.616. The van der Waals surface area contributed by atoms with Crippen LogP contribution < -0.4 is 33.2 Å². The summed E-state index contributed by atoms with van der Waals surface area (Å²) in [6, 6.07) is 23.4. The molecule has 0 atom stereocenters. The van der Waals surface area contributed by atoms with Crippen molar-refractivity contribution in [3.63, 3.8) is 0 Å². The number of rotatable bonds is 13. The maximum absolute atomic E-state index is 6.06. The number of ether oxygens (including phenoxy) is 7. The monoisotopic (exact) mass is 599 g/mol. The van der Waals surface area contributed by atoms with Crippen LogP contribution in [0.2, 0.25) is 0 Å². The van der Waals surface area contributed by atoms with Gasteiger partial charge in [0.1, 0.15) is 18.2 Å². The molecular weight excluding hydrogens is 566 g/mol. The quantitative estimate of drug-likeness (QED) is 0.101. The molecule has 5 rings (SSSR count). The van der Waals surface area contributed by atoms with Crippen molar-refractivity contribution in [2.24, 2.45) is 0 Å². The van der Waals surface area contributed by atoms with E-state index in [9.17, 15) is 0 Å². The minimum absolute atomic E-state index is 0.305. The molecule has 0 aliphatic heterocycles. The van der Waals surface area contributed by atoms with Gasteiger partial charge < -0.3 is 33.2 Å². The van der Waals surface area contributed by atoms with Gasteiger partial charge in [0.05, 0.1) is 45.8 Å². The largest absolute Gasteiger partial charge is 0.493 e. The standard InChI is InChI=1S/C34H33NO7S/c1-36-26-14-12-22(10-11-23-19-30(38-3)33(40-5)31(20-23)39-4)18-29(26)42-17-16-41-27-15-13-24(21-28(27)37-2)34-35-25-8-6-7-9-32(25)43-34/h6-15,18-21H,16-17H2,1-5H3/b11-10-. The van der Waals surface area contributed by atoms with Crippen LogP contribution in [0.1, 0.15) is 11.1 Å². The van der Waals surface area contributed by atoms with Gasteiger partial charge in [0, 0.05) is 5.56 Å². The van der Waals surface area contributed by atoms with Gasteiger partial charge in [-0.05, 0) is 65.7 Å². The van der Waals surface area contributed by atoms with E-state index in [0.717, 1.165) is 31.9 Å². The van der Waals surface area contributed by atoms with E-state index in [-0.39, 0.29) is 0 Å². The fourth-order valence-electron chi connectivity index (χ4n) is 4.52. The molecule has 0 saturated carbocycles. The molecule has 0 amide bonds. The van der Waals surface area contributed by atoms with Gasteiger partial charge >= 0.3 is 0 Å². The minimum Gasteiger partial charge on any atom is -0.493 e. The molecule has 0 fully saturated rings. The van der Waals surface area contributed by atoms with E-state index in [1.165, 1.54) is 0 Å². The van der Waals surface area contributed by atoms with Gasteiger partial charge in [-0.2, -0.15) is 0 Å². The Kier molecular flexibility index (Phi) is 9.53. The van der Waals surface area contributed by atoms with E-state index in [1.807, 2.05) is 78.9 Å². The lowest BCUT2D eigenvalue weighted by atomic mass is 10.1. The van der Waals surface area contributed by atoms with E-state index < -0.39 is 0 Å². The lowest BCUT2D eigenvalue weighted by Gasteiger charge is -2.14. The number of fused-ring (bicyclic) bond motifs is 1. The first kappa shape index (κ1) is 29.6. The summed E-state index contributed by atoms with van der Waals surface area (Å²) in [4.78, 5) is 4.74. The topological polar surface area (TPSA) is 77.5 Å². The van der Waals surface area contributed by atoms with Crippen molar-refractivity contribution in [1.82, 2.24) is 4.98 Å². The third-order valence-corrected chi connectivity index (χ3v) is 7.73. The number of hydrogen-bond donors (Lipinski definition) is 0. The molecule has 9 heteroatoms. The molecule has 1 heterocycles. The normalized spacial score (nSPS) is 11.0. The minimum atomic E-state index is 0.305. The molecule has 0 bridgehead atoms. The van der Waals surface area contributed by atoms with Gasteiger partial charge in [-0.1, -0.05) is 30.4 Å². The number of hydrogen-bond acceptors (Lipinski definition) is 9. The van der Waals surface area contributed by atoms with E-state index >= 15 is 0 Å². The van der Waals surface area contributed by atoms with Gasteiger partial charge in [-0.3, -0.25) is 0 Å². The maximum Gasteiger partial charge on any atom is 0.203 e. The zero-order valence-electron chi connectivity index (χ0n) is 24.7. The van der Waals surface area contributed by atoms with Crippen LogP contribution in [0, 0.1) is 0 Å². The van der Waals surface area contributed by atoms with Crippen molar-refractivity contribution in [3.05, 3.63) is 83.9 Å². The van der Waals surface area contributed by atoms with Crippen molar-refractivity contribution in [1.29, 1.82) is 0 Å². The smallest absolute Gasteiger partial charge is 0.203 e. The Balaban J connectivity index is 1.24. The molecule has 222 valence electrons. The van der Waals surface area contributed by atoms with E-state index in [2.05, 4.69) is 6.07 Å². The number of methoxy groups -OCH3 is 5. The molecule has 4 aromatic carbocycles. The molecule has 0 aliphatic rings. The Bertz CT molecular complexity index is 1670. The second-order valence-electron chi connectivity index (χ2n) is 9.25. The highest BCUT2D eigenvalue weighted by Gasteiger charge is 2.13. The number of thiazole rings is 1. The highest BCUT2D eigenvalue weighted by molar-refractivity contribution is 7.21. The van der Waals surface area contributed by atoms with Crippen LogP contribution in [0.25, 0.3) is 32.9 Å². The van der Waals surface area contributed by atoms with Crippen molar-refractivity contribution >= 4 is 33.7 Å². The Hall–Kier alpha value is -4.89. The summed E-state index contributed by atoms with van der Waals surface area (Å²) in [5, 5.41) is 0.931. The molecule has 8 nitrogen and oxygen atoms in total. The third kappa shape index (κ3) is 6.79. The lowest BCUT2D eigenvalue weighted by Crippen LogP contribution is -2.10. The molecule has 0 aliphatic carbocycles. The van der Waals surface area contributed by atoms with Crippen molar-refractivity contribution in [2.45, 2.75) is 0 Å². The Morgan fingerprint density at radius 2 is 1.21 bits per heavy atom. The first-order chi connectivity index (χ1) is 21.1. The fraction of sp³-hybridized carbons (Fsp3) is 0.206. The molecule has 5 aromatic rings. The molecule has 43 heavy (non-hydrogen) atoms. The Labute approximate surface area is 255 Å². The molecule has 0 spiro atoms. The highest BCUT2D eigenvalue weighted by Crippen LogP contribution is 2.39. The predicted octanol–water partition coefficient (Wildman–Crippen LogP) is 7.63. The second kappa shape index (κ2) is 13.8. The SMILES string of the molecule is COc1cc(-c2nc3ccccc3s2)ccc1OCCOc1cc(/C=C\c2cc(OC)c(OC)c(OC)c2)ccc1OC. The predicted molar refractivity (Wildman–Crippen MR) is 171 cm³/mol. The number of nitrogens with zero attached hydrogens (tertiary/aromatic N) is 1. The Morgan fingerprint density at radius 3 is 1.88 bits per heavy atom. The molecule has 0 radical (unpaired) electrons. The van der Waals surface area contributed by atoms with Crippen LogP contribution in [0.5, 0.6) is 40.2 Å². The summed E-state index contributed by atoms with van der Waals surface area (Å²) >= 11 is 1.65. The van der Waals surface area contributed by atoms with Crippen LogP contribution in [0.4, 0.5) is 0 Å². The zero-order valence-corrected chi connectivity index (χ0v) is 25.5. The molecule has 0 saturated heterocycles. The van der Waals surface area contributed by atoms with Gasteiger partial charge in [0.25, 0.3) is 0 Å².